The largest absolute Gasteiger partial charge is 0.391 e. The number of fused-ring (bicyclic) bond motifs is 3. The van der Waals surface area contributed by atoms with Crippen LogP contribution in [0.4, 0.5) is 16.9 Å². The summed E-state index contributed by atoms with van der Waals surface area (Å²) in [5.41, 5.74) is 0.871. The first-order chi connectivity index (χ1) is 15.2. The molecule has 0 amide bonds. The van der Waals surface area contributed by atoms with Crippen LogP contribution in [-0.4, -0.2) is 49.6 Å². The van der Waals surface area contributed by atoms with Crippen LogP contribution in [-0.2, 0) is 6.61 Å². The highest BCUT2D eigenvalue weighted by atomic mass is 32.1. The molecule has 3 atom stereocenters. The third-order valence-corrected chi connectivity index (χ3v) is 7.13. The number of piperidine rings is 1. The summed E-state index contributed by atoms with van der Waals surface area (Å²) in [6.45, 7) is 0.856. The Hall–Kier alpha value is -2.80. The zero-order chi connectivity index (χ0) is 21.2. The third-order valence-electron chi connectivity index (χ3n) is 6.24. The molecule has 0 spiro atoms. The Balaban J connectivity index is 1.36. The molecule has 5 rings (SSSR count). The first-order valence-corrected chi connectivity index (χ1v) is 11.5. The summed E-state index contributed by atoms with van der Waals surface area (Å²) < 4.78 is 0. The lowest BCUT2D eigenvalue weighted by Gasteiger charge is -2.38. The minimum Gasteiger partial charge on any atom is -0.391 e. The Labute approximate surface area is 185 Å². The summed E-state index contributed by atoms with van der Waals surface area (Å²) in [6.07, 6.45) is 6.78. The molecule has 2 bridgehead atoms. The van der Waals surface area contributed by atoms with Gasteiger partial charge in [0.2, 0.25) is 5.95 Å². The van der Waals surface area contributed by atoms with Gasteiger partial charge in [-0.15, -0.1) is 0 Å². The number of aliphatic hydroxyl groups excluding tert-OH is 1. The van der Waals surface area contributed by atoms with Gasteiger partial charge in [-0.25, -0.2) is 9.97 Å². The van der Waals surface area contributed by atoms with Crippen molar-refractivity contribution in [2.75, 3.05) is 17.2 Å². The number of benzene rings is 1. The van der Waals surface area contributed by atoms with E-state index < -0.39 is 0 Å². The van der Waals surface area contributed by atoms with Gasteiger partial charge in [-0.3, -0.25) is 4.90 Å². The molecule has 2 saturated heterocycles. The van der Waals surface area contributed by atoms with E-state index in [4.69, 9.17) is 15.2 Å². The van der Waals surface area contributed by atoms with Crippen molar-refractivity contribution in [3.63, 3.8) is 0 Å². The van der Waals surface area contributed by atoms with Crippen LogP contribution in [0.2, 0.25) is 0 Å². The zero-order valence-electron chi connectivity index (χ0n) is 17.2. The summed E-state index contributed by atoms with van der Waals surface area (Å²) in [5, 5.41) is 26.8. The molecule has 0 saturated carbocycles. The second-order valence-electron chi connectivity index (χ2n) is 8.17. The predicted molar refractivity (Wildman–Crippen MR) is 121 cm³/mol. The quantitative estimate of drug-likeness (QED) is 0.516. The van der Waals surface area contributed by atoms with Gasteiger partial charge in [0, 0.05) is 42.7 Å². The van der Waals surface area contributed by atoms with Crippen molar-refractivity contribution < 1.29 is 5.11 Å². The molecule has 4 heterocycles. The Morgan fingerprint density at radius 3 is 2.74 bits per heavy atom. The molecule has 0 radical (unpaired) electrons. The van der Waals surface area contributed by atoms with Crippen LogP contribution in [0.15, 0.2) is 30.5 Å². The van der Waals surface area contributed by atoms with E-state index >= 15 is 0 Å². The van der Waals surface area contributed by atoms with E-state index in [2.05, 4.69) is 26.6 Å². The highest BCUT2D eigenvalue weighted by molar-refractivity contribution is 7.15. The van der Waals surface area contributed by atoms with Crippen molar-refractivity contribution in [2.24, 2.45) is 0 Å². The van der Waals surface area contributed by atoms with Gasteiger partial charge in [0.1, 0.15) is 5.82 Å². The number of rotatable bonds is 7. The van der Waals surface area contributed by atoms with Crippen LogP contribution in [0.3, 0.4) is 0 Å². The van der Waals surface area contributed by atoms with Gasteiger partial charge in [0.15, 0.2) is 5.13 Å². The van der Waals surface area contributed by atoms with Crippen LogP contribution in [0.25, 0.3) is 10.9 Å². The third kappa shape index (κ3) is 4.19. The standard InChI is InChI=1S/C22H25N7OS/c23-8-3-9-29-15-6-7-16(29)11-14(10-15)25-21-26-19-5-2-1-4-18(19)20(27-21)28-22-24-12-17(13-30)31-22/h1-2,4-5,12,14-16,30H,3,6-7,9-11,13H2,(H2,24,25,26,27,28)/t14-,15-,16?/m0/s1. The van der Waals surface area contributed by atoms with Gasteiger partial charge in [-0.2, -0.15) is 10.2 Å². The molecule has 9 heteroatoms. The van der Waals surface area contributed by atoms with Crippen molar-refractivity contribution in [2.45, 2.75) is 56.8 Å². The second kappa shape index (κ2) is 8.75. The van der Waals surface area contributed by atoms with Gasteiger partial charge in [0.25, 0.3) is 0 Å². The summed E-state index contributed by atoms with van der Waals surface area (Å²) in [5.74, 6) is 1.33. The number of aromatic nitrogens is 3. The van der Waals surface area contributed by atoms with Crippen LogP contribution in [0.1, 0.15) is 37.0 Å². The number of nitriles is 1. The van der Waals surface area contributed by atoms with Crippen molar-refractivity contribution in [3.05, 3.63) is 35.3 Å². The number of para-hydroxylation sites is 1. The molecule has 2 aliphatic rings. The summed E-state index contributed by atoms with van der Waals surface area (Å²) in [4.78, 5) is 17.2. The van der Waals surface area contributed by atoms with E-state index in [1.807, 2.05) is 24.3 Å². The monoisotopic (exact) mass is 435 g/mol. The zero-order valence-corrected chi connectivity index (χ0v) is 18.0. The molecule has 1 aromatic carbocycles. The Morgan fingerprint density at radius 1 is 1.19 bits per heavy atom. The lowest BCUT2D eigenvalue weighted by Crippen LogP contribution is -2.47. The molecule has 160 valence electrons. The first-order valence-electron chi connectivity index (χ1n) is 10.7. The summed E-state index contributed by atoms with van der Waals surface area (Å²) in [6, 6.07) is 11.6. The normalized spacial score (nSPS) is 23.0. The van der Waals surface area contributed by atoms with Gasteiger partial charge in [-0.1, -0.05) is 23.5 Å². The minimum atomic E-state index is -0.0218. The number of hydrogen-bond donors (Lipinski definition) is 3. The first kappa shape index (κ1) is 20.1. The molecular weight excluding hydrogens is 410 g/mol. The molecule has 31 heavy (non-hydrogen) atoms. The van der Waals surface area contributed by atoms with Crippen LogP contribution < -0.4 is 10.6 Å². The topological polar surface area (TPSA) is 110 Å². The molecule has 2 aromatic heterocycles. The number of hydrogen-bond acceptors (Lipinski definition) is 9. The average Bonchev–Trinajstić information content (AvgIpc) is 3.33. The van der Waals surface area contributed by atoms with Crippen molar-refractivity contribution in [1.29, 1.82) is 5.26 Å². The molecule has 1 unspecified atom stereocenters. The van der Waals surface area contributed by atoms with E-state index in [1.165, 1.54) is 24.2 Å². The minimum absolute atomic E-state index is 0.0218. The van der Waals surface area contributed by atoms with Crippen molar-refractivity contribution in [1.82, 2.24) is 19.9 Å². The van der Waals surface area contributed by atoms with Crippen LogP contribution >= 0.6 is 11.3 Å². The maximum Gasteiger partial charge on any atom is 0.225 e. The van der Waals surface area contributed by atoms with Gasteiger partial charge in [-0.05, 0) is 37.8 Å². The SMILES string of the molecule is N#CCCN1C2CC[C@H]1C[C@H](Nc1nc(Nc3ncc(CO)s3)c3ccccc3n1)C2. The smallest absolute Gasteiger partial charge is 0.225 e. The molecule has 0 aliphatic carbocycles. The lowest BCUT2D eigenvalue weighted by atomic mass is 9.97. The predicted octanol–water partition coefficient (Wildman–Crippen LogP) is 3.64. The van der Waals surface area contributed by atoms with Gasteiger partial charge >= 0.3 is 0 Å². The molecule has 2 fully saturated rings. The van der Waals surface area contributed by atoms with Crippen LogP contribution in [0, 0.1) is 11.3 Å². The maximum absolute atomic E-state index is 9.32. The van der Waals surface area contributed by atoms with E-state index in [9.17, 15) is 5.11 Å². The fourth-order valence-electron chi connectivity index (χ4n) is 4.89. The van der Waals surface area contributed by atoms with E-state index in [0.717, 1.165) is 35.2 Å². The van der Waals surface area contributed by atoms with Crippen molar-refractivity contribution in [3.8, 4) is 6.07 Å². The fraction of sp³-hybridized carbons (Fsp3) is 0.455. The number of thiazole rings is 1. The van der Waals surface area contributed by atoms with E-state index in [1.54, 1.807) is 6.20 Å². The van der Waals surface area contributed by atoms with E-state index in [0.29, 0.717) is 41.4 Å². The molecule has 3 aromatic rings. The highest BCUT2D eigenvalue weighted by Crippen LogP contribution is 2.37. The van der Waals surface area contributed by atoms with Crippen LogP contribution in [0.5, 0.6) is 0 Å². The Bertz CT molecular complexity index is 1100. The van der Waals surface area contributed by atoms with Crippen molar-refractivity contribution >= 4 is 39.1 Å². The molecule has 2 aliphatic heterocycles. The summed E-state index contributed by atoms with van der Waals surface area (Å²) in [7, 11) is 0. The number of aliphatic hydroxyl groups is 1. The summed E-state index contributed by atoms with van der Waals surface area (Å²) >= 11 is 1.41. The highest BCUT2D eigenvalue weighted by Gasteiger charge is 2.40. The van der Waals surface area contributed by atoms with Gasteiger partial charge < -0.3 is 15.7 Å². The number of nitrogens with zero attached hydrogens (tertiary/aromatic N) is 5. The maximum atomic E-state index is 9.32. The Kier molecular flexibility index (Phi) is 5.68. The van der Waals surface area contributed by atoms with E-state index in [-0.39, 0.29) is 6.61 Å². The number of nitrogens with one attached hydrogen (secondary N) is 2. The average molecular weight is 436 g/mol. The Morgan fingerprint density at radius 2 is 2.00 bits per heavy atom. The molecule has 3 N–H and O–H groups in total. The molecular formula is C22H25N7OS. The fourth-order valence-corrected chi connectivity index (χ4v) is 5.57. The van der Waals surface area contributed by atoms with Gasteiger partial charge in [0.05, 0.1) is 23.1 Å². The number of anilines is 3. The lowest BCUT2D eigenvalue weighted by molar-refractivity contribution is 0.135. The second-order valence-corrected chi connectivity index (χ2v) is 9.29. The molecule has 8 nitrogen and oxygen atoms in total.